The van der Waals surface area contributed by atoms with Crippen LogP contribution in [0.2, 0.25) is 5.15 Å². The summed E-state index contributed by atoms with van der Waals surface area (Å²) >= 11 is 6.05. The number of ketones is 1. The minimum Gasteiger partial charge on any atom is -0.507 e. The molecule has 0 aliphatic rings. The van der Waals surface area contributed by atoms with Crippen molar-refractivity contribution in [1.82, 2.24) is 4.98 Å². The second-order valence-electron chi connectivity index (χ2n) is 7.95. The van der Waals surface area contributed by atoms with E-state index in [1.165, 1.54) is 0 Å². The lowest BCUT2D eigenvalue weighted by atomic mass is 9.78. The summed E-state index contributed by atoms with van der Waals surface area (Å²) in [6.07, 6.45) is 1.64. The summed E-state index contributed by atoms with van der Waals surface area (Å²) in [6, 6.07) is 5.22. The number of hydrogen-bond acceptors (Lipinski definition) is 2. The predicted molar refractivity (Wildman–Crippen MR) is 94.7 cm³/mol. The van der Waals surface area contributed by atoms with Gasteiger partial charge in [0.1, 0.15) is 10.9 Å². The quantitative estimate of drug-likeness (QED) is 0.742. The van der Waals surface area contributed by atoms with E-state index in [2.05, 4.69) is 4.98 Å². The number of nitrogens with one attached hydrogen (secondary N) is 1. The zero-order valence-electron chi connectivity index (χ0n) is 14.5. The summed E-state index contributed by atoms with van der Waals surface area (Å²) in [5.74, 6) is 0.119. The van der Waals surface area contributed by atoms with E-state index < -0.39 is 0 Å². The molecule has 2 rings (SSSR count). The molecule has 1 heterocycles. The van der Waals surface area contributed by atoms with Gasteiger partial charge >= 0.3 is 0 Å². The fourth-order valence-corrected chi connectivity index (χ4v) is 2.80. The number of hydrogen-bond donors (Lipinski definition) is 2. The lowest BCUT2D eigenvalue weighted by Crippen LogP contribution is -2.19. The molecular formula is C19H24ClNO2. The molecule has 0 saturated carbocycles. The average Bonchev–Trinajstić information content (AvgIpc) is 2.81. The van der Waals surface area contributed by atoms with Crippen LogP contribution >= 0.6 is 11.6 Å². The predicted octanol–water partition coefficient (Wildman–Crippen LogP) is 5.20. The molecule has 0 unspecified atom stereocenters. The maximum atomic E-state index is 12.8. The first-order valence-electron chi connectivity index (χ1n) is 7.68. The van der Waals surface area contributed by atoms with Gasteiger partial charge in [0.25, 0.3) is 0 Å². The molecule has 3 nitrogen and oxygen atoms in total. The number of rotatable bonds is 2. The van der Waals surface area contributed by atoms with Gasteiger partial charge in [0.05, 0.1) is 5.56 Å². The molecule has 1 aromatic carbocycles. The summed E-state index contributed by atoms with van der Waals surface area (Å²) in [6.45, 7) is 12.1. The zero-order valence-corrected chi connectivity index (χ0v) is 15.3. The van der Waals surface area contributed by atoms with Crippen LogP contribution in [0.15, 0.2) is 24.4 Å². The van der Waals surface area contributed by atoms with Crippen LogP contribution in [0.25, 0.3) is 0 Å². The minimum absolute atomic E-state index is 0.146. The summed E-state index contributed by atoms with van der Waals surface area (Å²) in [5, 5.41) is 11.0. The van der Waals surface area contributed by atoms with E-state index in [4.69, 9.17) is 11.6 Å². The first kappa shape index (κ1) is 17.6. The van der Waals surface area contributed by atoms with Crippen molar-refractivity contribution in [1.29, 1.82) is 0 Å². The Labute approximate surface area is 142 Å². The van der Waals surface area contributed by atoms with Gasteiger partial charge in [-0.25, -0.2) is 0 Å². The molecule has 2 N–H and O–H groups in total. The normalized spacial score (nSPS) is 12.5. The SMILES string of the molecule is CC(C)(C)c1cc(C(=O)c2cc[nH]c2Cl)cc(C(C)(C)C)c1O. The third-order valence-electron chi connectivity index (χ3n) is 3.93. The zero-order chi connectivity index (χ0) is 17.6. The molecule has 0 atom stereocenters. The second kappa shape index (κ2) is 5.72. The van der Waals surface area contributed by atoms with Crippen LogP contribution in [-0.4, -0.2) is 15.9 Å². The maximum absolute atomic E-state index is 12.8. The topological polar surface area (TPSA) is 53.1 Å². The monoisotopic (exact) mass is 333 g/mol. The van der Waals surface area contributed by atoms with Gasteiger partial charge in [-0.15, -0.1) is 0 Å². The average molecular weight is 334 g/mol. The highest BCUT2D eigenvalue weighted by molar-refractivity contribution is 6.34. The summed E-state index contributed by atoms with van der Waals surface area (Å²) in [4.78, 5) is 15.6. The third-order valence-corrected chi connectivity index (χ3v) is 4.24. The van der Waals surface area contributed by atoms with Crippen molar-refractivity contribution in [2.45, 2.75) is 52.4 Å². The van der Waals surface area contributed by atoms with E-state index in [9.17, 15) is 9.90 Å². The molecule has 1 aromatic heterocycles. The lowest BCUT2D eigenvalue weighted by molar-refractivity contribution is 0.103. The number of aromatic amines is 1. The Morgan fingerprint density at radius 1 is 1.04 bits per heavy atom. The van der Waals surface area contributed by atoms with Crippen molar-refractivity contribution < 1.29 is 9.90 Å². The Balaban J connectivity index is 2.70. The maximum Gasteiger partial charge on any atom is 0.196 e. The van der Waals surface area contributed by atoms with Crippen molar-refractivity contribution >= 4 is 17.4 Å². The van der Waals surface area contributed by atoms with Crippen molar-refractivity contribution in [3.05, 3.63) is 51.8 Å². The smallest absolute Gasteiger partial charge is 0.196 e. The lowest BCUT2D eigenvalue weighted by Gasteiger charge is -2.28. The molecule has 0 aliphatic heterocycles. The van der Waals surface area contributed by atoms with Crippen LogP contribution in [0.1, 0.15) is 68.6 Å². The third kappa shape index (κ3) is 3.45. The van der Waals surface area contributed by atoms with Crippen molar-refractivity contribution in [2.75, 3.05) is 0 Å². The molecule has 23 heavy (non-hydrogen) atoms. The van der Waals surface area contributed by atoms with Gasteiger partial charge in [0.2, 0.25) is 0 Å². The Morgan fingerprint density at radius 2 is 1.52 bits per heavy atom. The summed E-state index contributed by atoms with van der Waals surface area (Å²) in [7, 11) is 0. The van der Waals surface area contributed by atoms with Crippen molar-refractivity contribution in [3.8, 4) is 5.75 Å². The second-order valence-corrected chi connectivity index (χ2v) is 8.33. The van der Waals surface area contributed by atoms with Gasteiger partial charge in [-0.05, 0) is 29.0 Å². The number of benzene rings is 1. The number of aromatic nitrogens is 1. The molecule has 0 saturated heterocycles. The van der Waals surface area contributed by atoms with Gasteiger partial charge in [0, 0.05) is 22.9 Å². The van der Waals surface area contributed by atoms with E-state index in [0.29, 0.717) is 16.3 Å². The van der Waals surface area contributed by atoms with E-state index >= 15 is 0 Å². The molecule has 0 aliphatic carbocycles. The van der Waals surface area contributed by atoms with Crippen LogP contribution < -0.4 is 0 Å². The van der Waals surface area contributed by atoms with E-state index in [1.807, 2.05) is 41.5 Å². The largest absolute Gasteiger partial charge is 0.507 e. The van der Waals surface area contributed by atoms with Gasteiger partial charge in [-0.3, -0.25) is 4.79 Å². The molecule has 4 heteroatoms. The van der Waals surface area contributed by atoms with Crippen LogP contribution in [0.5, 0.6) is 5.75 Å². The van der Waals surface area contributed by atoms with E-state index in [1.54, 1.807) is 24.4 Å². The van der Waals surface area contributed by atoms with Gasteiger partial charge in [-0.1, -0.05) is 53.1 Å². The summed E-state index contributed by atoms with van der Waals surface area (Å²) in [5.41, 5.74) is 1.96. The fourth-order valence-electron chi connectivity index (χ4n) is 2.59. The standard InChI is InChI=1S/C19H24ClNO2/c1-18(2,3)13-9-11(10-14(16(13)23)19(4,5)6)15(22)12-7-8-21-17(12)20/h7-10,21,23H,1-6H3. The summed E-state index contributed by atoms with van der Waals surface area (Å²) < 4.78 is 0. The number of phenols is 1. The molecule has 0 spiro atoms. The van der Waals surface area contributed by atoms with Crippen LogP contribution in [-0.2, 0) is 10.8 Å². The van der Waals surface area contributed by atoms with Crippen LogP contribution in [0, 0.1) is 0 Å². The Kier molecular flexibility index (Phi) is 4.38. The Bertz CT molecular complexity index is 710. The van der Waals surface area contributed by atoms with Crippen molar-refractivity contribution in [3.63, 3.8) is 0 Å². The highest BCUT2D eigenvalue weighted by Crippen LogP contribution is 2.40. The number of carbonyl (C=O) groups is 1. The fraction of sp³-hybridized carbons (Fsp3) is 0.421. The molecule has 0 amide bonds. The number of phenolic OH excluding ortho intramolecular Hbond substituents is 1. The first-order valence-corrected chi connectivity index (χ1v) is 8.06. The highest BCUT2D eigenvalue weighted by atomic mass is 35.5. The van der Waals surface area contributed by atoms with Gasteiger partial charge in [-0.2, -0.15) is 0 Å². The van der Waals surface area contributed by atoms with Crippen LogP contribution in [0.3, 0.4) is 0 Å². The first-order chi connectivity index (χ1) is 10.4. The minimum atomic E-state index is -0.275. The van der Waals surface area contributed by atoms with Crippen LogP contribution in [0.4, 0.5) is 0 Å². The van der Waals surface area contributed by atoms with Gasteiger partial charge < -0.3 is 10.1 Å². The highest BCUT2D eigenvalue weighted by Gasteiger charge is 2.28. The molecule has 124 valence electrons. The Morgan fingerprint density at radius 3 is 1.87 bits per heavy atom. The molecule has 2 aromatic rings. The number of halogens is 1. The van der Waals surface area contributed by atoms with Gasteiger partial charge in [0.15, 0.2) is 5.78 Å². The number of H-pyrrole nitrogens is 1. The molecular weight excluding hydrogens is 310 g/mol. The number of aromatic hydroxyl groups is 1. The number of carbonyl (C=O) groups excluding carboxylic acids is 1. The molecule has 0 radical (unpaired) electrons. The van der Waals surface area contributed by atoms with Crippen molar-refractivity contribution in [2.24, 2.45) is 0 Å². The molecule has 0 fully saturated rings. The molecule has 0 bridgehead atoms. The van der Waals surface area contributed by atoms with E-state index in [0.717, 1.165) is 11.1 Å². The van der Waals surface area contributed by atoms with E-state index in [-0.39, 0.29) is 22.4 Å². The Hall–Kier alpha value is -1.74.